The molecule has 0 N–H and O–H groups in total. The Morgan fingerprint density at radius 3 is 2.44 bits per heavy atom. The molecule has 0 aliphatic carbocycles. The van der Waals surface area contributed by atoms with Crippen LogP contribution in [0.4, 0.5) is 0 Å². The highest BCUT2D eigenvalue weighted by atomic mass is 16.5. The van der Waals surface area contributed by atoms with Crippen molar-refractivity contribution in [3.63, 3.8) is 0 Å². The first kappa shape index (κ1) is 22.7. The van der Waals surface area contributed by atoms with Gasteiger partial charge in [-0.1, -0.05) is 42.5 Å². The van der Waals surface area contributed by atoms with Gasteiger partial charge >= 0.3 is 0 Å². The minimum atomic E-state index is 0.103. The zero-order valence-corrected chi connectivity index (χ0v) is 19.5. The minimum absolute atomic E-state index is 0.103. The normalized spacial score (nSPS) is 20.2. The monoisotopic (exact) mass is 436 g/mol. The number of methoxy groups -OCH3 is 2. The molecule has 0 spiro atoms. The van der Waals surface area contributed by atoms with E-state index in [0.29, 0.717) is 11.8 Å². The van der Waals surface area contributed by atoms with Gasteiger partial charge in [-0.05, 0) is 56.2 Å². The summed E-state index contributed by atoms with van der Waals surface area (Å²) in [7, 11) is 3.35. The van der Waals surface area contributed by atoms with E-state index in [1.807, 2.05) is 12.1 Å². The number of rotatable bonds is 7. The highest BCUT2D eigenvalue weighted by Gasteiger charge is 2.31. The topological polar surface area (TPSA) is 42.0 Å². The summed E-state index contributed by atoms with van der Waals surface area (Å²) >= 11 is 0. The second kappa shape index (κ2) is 10.9. The van der Waals surface area contributed by atoms with Crippen LogP contribution in [0.3, 0.4) is 0 Å². The standard InChI is InChI=1S/C27H36N2O3/c1-31-25-12-6-10-23(26(25)32-2)19-28-15-7-11-24(20-28)27(30)29-16-13-22(14-17-29)18-21-8-4-3-5-9-21/h3-6,8-10,12,22,24H,7,11,13-20H2,1-2H3/t24-/m0/s1. The lowest BCUT2D eigenvalue weighted by Crippen LogP contribution is -2.47. The molecule has 2 aliphatic rings. The number of nitrogens with zero attached hydrogens (tertiary/aromatic N) is 2. The third kappa shape index (κ3) is 5.44. The smallest absolute Gasteiger partial charge is 0.226 e. The highest BCUT2D eigenvalue weighted by molar-refractivity contribution is 5.79. The molecule has 4 rings (SSSR count). The van der Waals surface area contributed by atoms with E-state index in [9.17, 15) is 4.79 Å². The van der Waals surface area contributed by atoms with Gasteiger partial charge in [0.05, 0.1) is 20.1 Å². The van der Waals surface area contributed by atoms with Crippen molar-refractivity contribution in [1.82, 2.24) is 9.80 Å². The maximum Gasteiger partial charge on any atom is 0.226 e. The zero-order valence-electron chi connectivity index (χ0n) is 19.5. The van der Waals surface area contributed by atoms with Crippen molar-refractivity contribution in [1.29, 1.82) is 0 Å². The van der Waals surface area contributed by atoms with Crippen molar-refractivity contribution in [3.05, 3.63) is 59.7 Å². The minimum Gasteiger partial charge on any atom is -0.493 e. The Morgan fingerprint density at radius 1 is 0.938 bits per heavy atom. The van der Waals surface area contributed by atoms with E-state index < -0.39 is 0 Å². The molecule has 0 aromatic heterocycles. The van der Waals surface area contributed by atoms with E-state index in [2.05, 4.69) is 46.2 Å². The van der Waals surface area contributed by atoms with E-state index in [0.717, 1.165) is 81.9 Å². The van der Waals surface area contributed by atoms with E-state index in [1.165, 1.54) is 5.56 Å². The second-order valence-corrected chi connectivity index (χ2v) is 9.19. The lowest BCUT2D eigenvalue weighted by atomic mass is 9.89. The van der Waals surface area contributed by atoms with Gasteiger partial charge in [0.1, 0.15) is 0 Å². The Bertz CT molecular complexity index is 878. The third-order valence-electron chi connectivity index (χ3n) is 7.03. The summed E-state index contributed by atoms with van der Waals surface area (Å²) in [6.45, 7) is 4.42. The van der Waals surface area contributed by atoms with Crippen molar-refractivity contribution in [2.45, 2.75) is 38.6 Å². The van der Waals surface area contributed by atoms with Gasteiger partial charge in [0.15, 0.2) is 11.5 Å². The van der Waals surface area contributed by atoms with Crippen LogP contribution in [0, 0.1) is 11.8 Å². The number of piperidine rings is 2. The lowest BCUT2D eigenvalue weighted by molar-refractivity contribution is -0.138. The van der Waals surface area contributed by atoms with Gasteiger partial charge in [-0.15, -0.1) is 0 Å². The number of para-hydroxylation sites is 1. The molecule has 0 saturated carbocycles. The predicted octanol–water partition coefficient (Wildman–Crippen LogP) is 4.40. The van der Waals surface area contributed by atoms with Crippen molar-refractivity contribution < 1.29 is 14.3 Å². The van der Waals surface area contributed by atoms with Gasteiger partial charge < -0.3 is 14.4 Å². The molecule has 2 aromatic rings. The first-order valence-corrected chi connectivity index (χ1v) is 11.9. The molecule has 0 radical (unpaired) electrons. The Hall–Kier alpha value is -2.53. The molecule has 5 heteroatoms. The van der Waals surface area contributed by atoms with Crippen LogP contribution in [0.1, 0.15) is 36.8 Å². The maximum atomic E-state index is 13.3. The third-order valence-corrected chi connectivity index (χ3v) is 7.03. The van der Waals surface area contributed by atoms with Crippen LogP contribution in [0.5, 0.6) is 11.5 Å². The van der Waals surface area contributed by atoms with E-state index in [4.69, 9.17) is 9.47 Å². The summed E-state index contributed by atoms with van der Waals surface area (Å²) in [6, 6.07) is 16.7. The van der Waals surface area contributed by atoms with Gasteiger partial charge in [-0.2, -0.15) is 0 Å². The number of carbonyl (C=O) groups is 1. The average molecular weight is 437 g/mol. The molecule has 0 bridgehead atoms. The molecule has 172 valence electrons. The van der Waals surface area contributed by atoms with Crippen molar-refractivity contribution in [2.24, 2.45) is 11.8 Å². The molecular formula is C27H36N2O3. The fraction of sp³-hybridized carbons (Fsp3) is 0.519. The highest BCUT2D eigenvalue weighted by Crippen LogP contribution is 2.33. The summed E-state index contributed by atoms with van der Waals surface area (Å²) in [5.74, 6) is 2.69. The molecule has 2 aliphatic heterocycles. The van der Waals surface area contributed by atoms with Crippen molar-refractivity contribution in [3.8, 4) is 11.5 Å². The molecule has 1 amide bonds. The number of amides is 1. The number of hydrogen-bond acceptors (Lipinski definition) is 4. The van der Waals surface area contributed by atoms with Crippen LogP contribution >= 0.6 is 0 Å². The van der Waals surface area contributed by atoms with Gasteiger partial charge in [0.25, 0.3) is 0 Å². The number of ether oxygens (including phenoxy) is 2. The maximum absolute atomic E-state index is 13.3. The van der Waals surface area contributed by atoms with Gasteiger partial charge in [0, 0.05) is 31.7 Å². The SMILES string of the molecule is COc1cccc(CN2CCC[C@H](C(=O)N3CCC(Cc4ccccc4)CC3)C2)c1OC. The zero-order chi connectivity index (χ0) is 22.3. The van der Waals surface area contributed by atoms with Gasteiger partial charge in [0.2, 0.25) is 5.91 Å². The Morgan fingerprint density at radius 2 is 1.72 bits per heavy atom. The summed E-state index contributed by atoms with van der Waals surface area (Å²) in [5.41, 5.74) is 2.52. The largest absolute Gasteiger partial charge is 0.493 e. The molecule has 2 aromatic carbocycles. The van der Waals surface area contributed by atoms with E-state index >= 15 is 0 Å². The Balaban J connectivity index is 1.30. The van der Waals surface area contributed by atoms with Crippen LogP contribution in [0.15, 0.2) is 48.5 Å². The number of hydrogen-bond donors (Lipinski definition) is 0. The van der Waals surface area contributed by atoms with E-state index in [1.54, 1.807) is 14.2 Å². The fourth-order valence-corrected chi connectivity index (χ4v) is 5.28. The average Bonchev–Trinajstić information content (AvgIpc) is 2.84. The quantitative estimate of drug-likeness (QED) is 0.645. The Labute approximate surface area is 192 Å². The first-order valence-electron chi connectivity index (χ1n) is 11.9. The molecule has 32 heavy (non-hydrogen) atoms. The van der Waals surface area contributed by atoms with Crippen LogP contribution in [0.2, 0.25) is 0 Å². The van der Waals surface area contributed by atoms with Gasteiger partial charge in [-0.3, -0.25) is 9.69 Å². The molecule has 1 atom stereocenters. The predicted molar refractivity (Wildman–Crippen MR) is 127 cm³/mol. The summed E-state index contributed by atoms with van der Waals surface area (Å²) in [6.07, 6.45) is 5.40. The van der Waals surface area contributed by atoms with E-state index in [-0.39, 0.29) is 5.92 Å². The molecule has 2 saturated heterocycles. The van der Waals surface area contributed by atoms with Crippen LogP contribution in [-0.4, -0.2) is 56.1 Å². The molecular weight excluding hydrogens is 400 g/mol. The number of benzene rings is 2. The second-order valence-electron chi connectivity index (χ2n) is 9.19. The van der Waals surface area contributed by atoms with Crippen molar-refractivity contribution >= 4 is 5.91 Å². The van der Waals surface area contributed by atoms with Crippen molar-refractivity contribution in [2.75, 3.05) is 40.4 Å². The van der Waals surface area contributed by atoms with Crippen LogP contribution < -0.4 is 9.47 Å². The number of likely N-dealkylation sites (tertiary alicyclic amines) is 2. The fourth-order valence-electron chi connectivity index (χ4n) is 5.28. The summed E-state index contributed by atoms with van der Waals surface area (Å²) in [4.78, 5) is 17.8. The molecule has 0 unspecified atom stereocenters. The summed E-state index contributed by atoms with van der Waals surface area (Å²) < 4.78 is 11.1. The molecule has 5 nitrogen and oxygen atoms in total. The van der Waals surface area contributed by atoms with Crippen LogP contribution in [0.25, 0.3) is 0 Å². The Kier molecular flexibility index (Phi) is 7.69. The van der Waals surface area contributed by atoms with Gasteiger partial charge in [-0.25, -0.2) is 0 Å². The number of carbonyl (C=O) groups excluding carboxylic acids is 1. The first-order chi connectivity index (χ1) is 15.7. The lowest BCUT2D eigenvalue weighted by Gasteiger charge is -2.38. The molecule has 2 fully saturated rings. The van der Waals surface area contributed by atoms with Crippen LogP contribution in [-0.2, 0) is 17.8 Å². The summed E-state index contributed by atoms with van der Waals surface area (Å²) in [5, 5.41) is 0. The molecule has 2 heterocycles.